The van der Waals surface area contributed by atoms with E-state index < -0.39 is 0 Å². The molecule has 0 heterocycles. The van der Waals surface area contributed by atoms with E-state index >= 15 is 0 Å². The first-order chi connectivity index (χ1) is 8.24. The summed E-state index contributed by atoms with van der Waals surface area (Å²) < 4.78 is 13.5. The zero-order valence-electron chi connectivity index (χ0n) is 10.4. The lowest BCUT2D eigenvalue weighted by Gasteiger charge is -2.08. The molecule has 1 aromatic carbocycles. The number of methoxy groups -OCH3 is 1. The van der Waals surface area contributed by atoms with E-state index in [9.17, 15) is 0 Å². The third-order valence-electron chi connectivity index (χ3n) is 2.17. The molecule has 0 bridgehead atoms. The summed E-state index contributed by atoms with van der Waals surface area (Å²) in [6, 6.07) is 5.90. The molecule has 0 atom stereocenters. The molecule has 0 unspecified atom stereocenters. The van der Waals surface area contributed by atoms with Crippen LogP contribution >= 0.6 is 11.9 Å². The number of hydrogen-bond donors (Lipinski definition) is 2. The average Bonchev–Trinajstić information content (AvgIpc) is 2.32. The van der Waals surface area contributed by atoms with E-state index in [1.165, 1.54) is 5.56 Å². The zero-order valence-corrected chi connectivity index (χ0v) is 11.2. The Kier molecular flexibility index (Phi) is 7.04. The highest BCUT2D eigenvalue weighted by molar-refractivity contribution is 7.97. The van der Waals surface area contributed by atoms with Crippen LogP contribution in [0.3, 0.4) is 0 Å². The SMILES string of the molecule is COCCOCCNSc1cc(N)ccc1C. The monoisotopic (exact) mass is 256 g/mol. The summed E-state index contributed by atoms with van der Waals surface area (Å²) in [5, 5.41) is 0. The van der Waals surface area contributed by atoms with Crippen LogP contribution in [0.2, 0.25) is 0 Å². The predicted octanol–water partition coefficient (Wildman–Crippen LogP) is 1.84. The summed E-state index contributed by atoms with van der Waals surface area (Å²) >= 11 is 1.58. The van der Waals surface area contributed by atoms with Gasteiger partial charge in [-0.15, -0.1) is 0 Å². The van der Waals surface area contributed by atoms with Crippen LogP contribution in [0, 0.1) is 6.92 Å². The van der Waals surface area contributed by atoms with Crippen LogP contribution < -0.4 is 10.5 Å². The summed E-state index contributed by atoms with van der Waals surface area (Å²) in [6.07, 6.45) is 0. The molecule has 5 heteroatoms. The van der Waals surface area contributed by atoms with E-state index in [1.54, 1.807) is 19.1 Å². The molecule has 96 valence electrons. The Morgan fingerprint density at radius 3 is 2.88 bits per heavy atom. The normalized spacial score (nSPS) is 10.7. The van der Waals surface area contributed by atoms with Crippen molar-refractivity contribution in [2.75, 3.05) is 39.2 Å². The Morgan fingerprint density at radius 2 is 2.12 bits per heavy atom. The number of nitrogens with one attached hydrogen (secondary N) is 1. The second kappa shape index (κ2) is 8.36. The molecule has 0 aliphatic carbocycles. The van der Waals surface area contributed by atoms with E-state index in [-0.39, 0.29) is 0 Å². The van der Waals surface area contributed by atoms with Gasteiger partial charge in [0.15, 0.2) is 0 Å². The summed E-state index contributed by atoms with van der Waals surface area (Å²) in [7, 11) is 1.67. The zero-order chi connectivity index (χ0) is 12.5. The van der Waals surface area contributed by atoms with Crippen LogP contribution in [0.4, 0.5) is 5.69 Å². The largest absolute Gasteiger partial charge is 0.399 e. The van der Waals surface area contributed by atoms with E-state index in [2.05, 4.69) is 11.6 Å². The van der Waals surface area contributed by atoms with E-state index in [0.717, 1.165) is 17.1 Å². The number of nitrogen functional groups attached to an aromatic ring is 1. The molecule has 17 heavy (non-hydrogen) atoms. The van der Waals surface area contributed by atoms with Crippen LogP contribution in [0.25, 0.3) is 0 Å². The minimum Gasteiger partial charge on any atom is -0.399 e. The Bertz CT molecular complexity index is 334. The van der Waals surface area contributed by atoms with Crippen molar-refractivity contribution < 1.29 is 9.47 Å². The number of benzene rings is 1. The molecule has 0 aliphatic heterocycles. The maximum atomic E-state index is 5.73. The lowest BCUT2D eigenvalue weighted by Crippen LogP contribution is -2.14. The molecule has 4 nitrogen and oxygen atoms in total. The molecule has 3 N–H and O–H groups in total. The number of rotatable bonds is 8. The highest BCUT2D eigenvalue weighted by Crippen LogP contribution is 2.21. The van der Waals surface area contributed by atoms with E-state index in [0.29, 0.717) is 19.8 Å². The molecule has 0 saturated heterocycles. The Balaban J connectivity index is 2.15. The summed E-state index contributed by atoms with van der Waals surface area (Å²) in [4.78, 5) is 1.15. The van der Waals surface area contributed by atoms with Gasteiger partial charge in [0.05, 0.1) is 19.8 Å². The van der Waals surface area contributed by atoms with Gasteiger partial charge in [0.2, 0.25) is 0 Å². The highest BCUT2D eigenvalue weighted by atomic mass is 32.2. The molecule has 0 radical (unpaired) electrons. The number of anilines is 1. The maximum Gasteiger partial charge on any atom is 0.0700 e. The van der Waals surface area contributed by atoms with Crippen LogP contribution in [0.1, 0.15) is 5.56 Å². The van der Waals surface area contributed by atoms with Crippen LogP contribution in [0.5, 0.6) is 0 Å². The fraction of sp³-hybridized carbons (Fsp3) is 0.500. The summed E-state index contributed by atoms with van der Waals surface area (Å²) in [5.41, 5.74) is 7.74. The molecular formula is C12H20N2O2S. The molecular weight excluding hydrogens is 236 g/mol. The van der Waals surface area contributed by atoms with Gasteiger partial charge < -0.3 is 15.2 Å². The molecule has 0 amide bonds. The minimum absolute atomic E-state index is 0.639. The van der Waals surface area contributed by atoms with Gasteiger partial charge in [-0.2, -0.15) is 0 Å². The maximum absolute atomic E-state index is 5.73. The van der Waals surface area contributed by atoms with Gasteiger partial charge in [-0.1, -0.05) is 6.07 Å². The van der Waals surface area contributed by atoms with Crippen molar-refractivity contribution in [2.45, 2.75) is 11.8 Å². The van der Waals surface area contributed by atoms with Crippen LogP contribution in [-0.4, -0.2) is 33.5 Å². The Morgan fingerprint density at radius 1 is 1.29 bits per heavy atom. The van der Waals surface area contributed by atoms with Crippen molar-refractivity contribution in [3.63, 3.8) is 0 Å². The predicted molar refractivity (Wildman–Crippen MR) is 72.1 cm³/mol. The molecule has 0 fully saturated rings. The standard InChI is InChI=1S/C12H20N2O2S/c1-10-3-4-11(13)9-12(10)17-14-5-6-16-8-7-15-2/h3-4,9,14H,5-8,13H2,1-2H3. The number of nitrogens with two attached hydrogens (primary N) is 1. The first-order valence-electron chi connectivity index (χ1n) is 5.56. The first-order valence-corrected chi connectivity index (χ1v) is 6.38. The quantitative estimate of drug-likeness (QED) is 0.422. The topological polar surface area (TPSA) is 56.5 Å². The average molecular weight is 256 g/mol. The molecule has 0 saturated carbocycles. The van der Waals surface area contributed by atoms with Crippen molar-refractivity contribution in [3.05, 3.63) is 23.8 Å². The van der Waals surface area contributed by atoms with Crippen LogP contribution in [0.15, 0.2) is 23.1 Å². The van der Waals surface area contributed by atoms with Gasteiger partial charge in [0, 0.05) is 24.2 Å². The van der Waals surface area contributed by atoms with Gasteiger partial charge in [0.25, 0.3) is 0 Å². The lowest BCUT2D eigenvalue weighted by molar-refractivity contribution is 0.0738. The molecule has 0 aromatic heterocycles. The molecule has 1 rings (SSSR count). The third-order valence-corrected chi connectivity index (χ3v) is 3.18. The van der Waals surface area contributed by atoms with Gasteiger partial charge in [-0.3, -0.25) is 4.72 Å². The first kappa shape index (κ1) is 14.3. The fourth-order valence-corrected chi connectivity index (χ4v) is 1.98. The summed E-state index contributed by atoms with van der Waals surface area (Å²) in [5.74, 6) is 0. The Labute approximate surface area is 107 Å². The smallest absolute Gasteiger partial charge is 0.0700 e. The fourth-order valence-electron chi connectivity index (χ4n) is 1.21. The van der Waals surface area contributed by atoms with Gasteiger partial charge in [0.1, 0.15) is 0 Å². The van der Waals surface area contributed by atoms with Gasteiger partial charge >= 0.3 is 0 Å². The van der Waals surface area contributed by atoms with Gasteiger partial charge in [-0.05, 0) is 36.6 Å². The highest BCUT2D eigenvalue weighted by Gasteiger charge is 1.99. The second-order valence-electron chi connectivity index (χ2n) is 3.63. The second-order valence-corrected chi connectivity index (χ2v) is 4.56. The van der Waals surface area contributed by atoms with Crippen molar-refractivity contribution in [1.82, 2.24) is 4.72 Å². The number of ether oxygens (including phenoxy) is 2. The van der Waals surface area contributed by atoms with Crippen molar-refractivity contribution in [1.29, 1.82) is 0 Å². The molecule has 1 aromatic rings. The molecule has 0 aliphatic rings. The van der Waals surface area contributed by atoms with Crippen molar-refractivity contribution in [3.8, 4) is 0 Å². The lowest BCUT2D eigenvalue weighted by atomic mass is 10.2. The minimum atomic E-state index is 0.639. The number of hydrogen-bond acceptors (Lipinski definition) is 5. The third kappa shape index (κ3) is 5.93. The van der Waals surface area contributed by atoms with E-state index in [1.807, 2.05) is 18.2 Å². The van der Waals surface area contributed by atoms with E-state index in [4.69, 9.17) is 15.2 Å². The van der Waals surface area contributed by atoms with Crippen molar-refractivity contribution in [2.24, 2.45) is 0 Å². The number of aryl methyl sites for hydroxylation is 1. The Hall–Kier alpha value is -0.750. The summed E-state index contributed by atoms with van der Waals surface area (Å²) in [6.45, 7) is 4.82. The molecule has 0 spiro atoms. The van der Waals surface area contributed by atoms with Crippen molar-refractivity contribution >= 4 is 17.6 Å². The van der Waals surface area contributed by atoms with Gasteiger partial charge in [-0.25, -0.2) is 0 Å². The van der Waals surface area contributed by atoms with Crippen LogP contribution in [-0.2, 0) is 9.47 Å².